The summed E-state index contributed by atoms with van der Waals surface area (Å²) in [5.41, 5.74) is 1.51. The number of hydrogen-bond acceptors (Lipinski definition) is 6. The zero-order valence-corrected chi connectivity index (χ0v) is 25.0. The quantitative estimate of drug-likeness (QED) is 0.414. The van der Waals surface area contributed by atoms with Gasteiger partial charge in [0.15, 0.2) is 11.3 Å². The summed E-state index contributed by atoms with van der Waals surface area (Å²) in [5.74, 6) is -1.35. The Hall–Kier alpha value is -4.51. The van der Waals surface area contributed by atoms with Gasteiger partial charge in [0.05, 0.1) is 23.9 Å². The molecule has 4 amide bonds. The van der Waals surface area contributed by atoms with Crippen molar-refractivity contribution < 1.29 is 28.7 Å². The molecular weight excluding hydrogens is 604 g/mol. The molecule has 2 aromatic carbocycles. The largest absolute Gasteiger partial charge is 0.496 e. The lowest BCUT2D eigenvalue weighted by molar-refractivity contribution is -0.130. The summed E-state index contributed by atoms with van der Waals surface area (Å²) >= 11 is 3.38. The molecule has 1 spiro atoms. The van der Waals surface area contributed by atoms with Crippen molar-refractivity contribution in [3.05, 3.63) is 91.7 Å². The first-order valence-electron chi connectivity index (χ1n) is 13.3. The van der Waals surface area contributed by atoms with Crippen LogP contribution in [-0.2, 0) is 17.6 Å². The van der Waals surface area contributed by atoms with E-state index in [1.54, 1.807) is 36.5 Å². The first-order valence-corrected chi connectivity index (χ1v) is 14.1. The predicted molar refractivity (Wildman–Crippen MR) is 157 cm³/mol. The fourth-order valence-electron chi connectivity index (χ4n) is 6.43. The fourth-order valence-corrected chi connectivity index (χ4v) is 6.90. The highest BCUT2D eigenvalue weighted by molar-refractivity contribution is 9.10. The first kappa shape index (κ1) is 27.6. The second kappa shape index (κ2) is 9.80. The third kappa shape index (κ3) is 3.65. The summed E-state index contributed by atoms with van der Waals surface area (Å²) < 4.78 is 6.27. The average Bonchev–Trinajstić information content (AvgIpc) is 3.47. The van der Waals surface area contributed by atoms with Gasteiger partial charge in [-0.25, -0.2) is 4.79 Å². The molecule has 2 N–H and O–H groups in total. The Bertz CT molecular complexity index is 1790. The van der Waals surface area contributed by atoms with E-state index in [0.29, 0.717) is 32.5 Å². The Morgan fingerprint density at radius 3 is 2.48 bits per heavy atom. The summed E-state index contributed by atoms with van der Waals surface area (Å²) in [6, 6.07) is 10.0. The standard InChI is InChI=1S/C31H27BrN4O6/c1-15-9-10-20(42-4)18-13-31(29(40)35(2)30(41)36(31)3)24-23(21(15)18)27(38)25-22(26(24)37)16(14-34-25)11-12-33-28(39)17-7-5-6-8-19(17)32/h5-10,14,34H,11-13H2,1-4H3,(H,33,39). The molecule has 2 aliphatic carbocycles. The Kier molecular flexibility index (Phi) is 6.45. The number of carbonyl (C=O) groups is 5. The number of ether oxygens (including phenoxy) is 1. The lowest BCUT2D eigenvalue weighted by Crippen LogP contribution is -2.56. The lowest BCUT2D eigenvalue weighted by atomic mass is 9.65. The van der Waals surface area contributed by atoms with E-state index in [0.717, 1.165) is 10.5 Å². The van der Waals surface area contributed by atoms with E-state index in [2.05, 4.69) is 26.2 Å². The number of ketones is 2. The van der Waals surface area contributed by atoms with E-state index >= 15 is 0 Å². The van der Waals surface area contributed by atoms with Crippen LogP contribution in [0, 0.1) is 6.92 Å². The number of likely N-dealkylation sites (N-methyl/N-ethyl adjacent to an activating group) is 2. The molecule has 42 heavy (non-hydrogen) atoms. The van der Waals surface area contributed by atoms with Gasteiger partial charge >= 0.3 is 6.03 Å². The Morgan fingerprint density at radius 1 is 1.07 bits per heavy atom. The highest BCUT2D eigenvalue weighted by atomic mass is 79.9. The number of rotatable bonds is 5. The maximum Gasteiger partial charge on any atom is 0.327 e. The molecule has 1 aromatic heterocycles. The van der Waals surface area contributed by atoms with Crippen LogP contribution in [0.3, 0.4) is 0 Å². The molecule has 0 radical (unpaired) electrons. The van der Waals surface area contributed by atoms with Crippen LogP contribution in [-0.4, -0.2) is 77.5 Å². The average molecular weight is 631 g/mol. The van der Waals surface area contributed by atoms with Crippen molar-refractivity contribution in [1.82, 2.24) is 20.1 Å². The Labute approximate surface area is 249 Å². The molecule has 3 aliphatic rings. The van der Waals surface area contributed by atoms with Gasteiger partial charge in [0.1, 0.15) is 5.75 Å². The van der Waals surface area contributed by atoms with Gasteiger partial charge in [-0.2, -0.15) is 0 Å². The molecule has 1 fully saturated rings. The third-order valence-electron chi connectivity index (χ3n) is 8.52. The number of urea groups is 1. The molecule has 6 rings (SSSR count). The lowest BCUT2D eigenvalue weighted by Gasteiger charge is -2.42. The number of halogens is 1. The highest BCUT2D eigenvalue weighted by Crippen LogP contribution is 2.51. The number of nitrogens with zero attached hydrogens (tertiary/aromatic N) is 2. The number of carbonyl (C=O) groups excluding carboxylic acids is 5. The predicted octanol–water partition coefficient (Wildman–Crippen LogP) is 3.72. The minimum atomic E-state index is -1.72. The number of nitrogens with one attached hydrogen (secondary N) is 2. The fraction of sp³-hybridized carbons (Fsp3) is 0.258. The number of H-pyrrole nitrogens is 1. The number of aryl methyl sites for hydroxylation is 1. The van der Waals surface area contributed by atoms with Crippen molar-refractivity contribution in [2.24, 2.45) is 0 Å². The monoisotopic (exact) mass is 630 g/mol. The van der Waals surface area contributed by atoms with Crippen LogP contribution in [0.4, 0.5) is 4.79 Å². The SMILES string of the molecule is COc1ccc(C)c2c1CC1(C(=O)N(C)C(=O)N1C)C1=C2C(=O)c2[nH]cc(CCNC(=O)c3ccccc3Br)c2C1=O. The number of amides is 4. The van der Waals surface area contributed by atoms with E-state index in [9.17, 15) is 24.0 Å². The normalized spacial score (nSPS) is 19.4. The number of Topliss-reactive ketones (excluding diaryl/α,β-unsaturated/α-hetero) is 2. The first-order chi connectivity index (χ1) is 20.0. The summed E-state index contributed by atoms with van der Waals surface area (Å²) in [5, 5.41) is 2.86. The molecule has 3 aromatic rings. The summed E-state index contributed by atoms with van der Waals surface area (Å²) in [6.07, 6.45) is 1.82. The summed E-state index contributed by atoms with van der Waals surface area (Å²) in [7, 11) is 4.34. The second-order valence-corrected chi connectivity index (χ2v) is 11.5. The van der Waals surface area contributed by atoms with Gasteiger partial charge in [-0.3, -0.25) is 24.1 Å². The molecule has 1 unspecified atom stereocenters. The number of allylic oxidation sites excluding steroid dienone is 1. The Morgan fingerprint density at radius 2 is 1.81 bits per heavy atom. The van der Waals surface area contributed by atoms with Crippen LogP contribution in [0.15, 0.2) is 52.6 Å². The molecule has 1 saturated heterocycles. The summed E-state index contributed by atoms with van der Waals surface area (Å²) in [6.45, 7) is 2.03. The molecule has 214 valence electrons. The van der Waals surface area contributed by atoms with Crippen molar-refractivity contribution in [3.63, 3.8) is 0 Å². The minimum Gasteiger partial charge on any atom is -0.496 e. The molecule has 1 atom stereocenters. The molecule has 0 bridgehead atoms. The zero-order valence-electron chi connectivity index (χ0n) is 23.4. The van der Waals surface area contributed by atoms with Gasteiger partial charge in [0.25, 0.3) is 11.8 Å². The van der Waals surface area contributed by atoms with Crippen molar-refractivity contribution in [2.45, 2.75) is 25.3 Å². The van der Waals surface area contributed by atoms with Crippen LogP contribution < -0.4 is 10.1 Å². The number of imide groups is 1. The number of benzene rings is 2. The number of hydrogen-bond donors (Lipinski definition) is 2. The van der Waals surface area contributed by atoms with E-state index < -0.39 is 29.0 Å². The van der Waals surface area contributed by atoms with E-state index in [-0.39, 0.29) is 47.7 Å². The minimum absolute atomic E-state index is 0.00726. The van der Waals surface area contributed by atoms with Crippen LogP contribution >= 0.6 is 15.9 Å². The number of methoxy groups -OCH3 is 1. The maximum atomic E-state index is 14.5. The smallest absolute Gasteiger partial charge is 0.327 e. The molecule has 0 saturated carbocycles. The Balaban J connectivity index is 1.45. The van der Waals surface area contributed by atoms with Crippen molar-refractivity contribution in [2.75, 3.05) is 27.7 Å². The topological polar surface area (TPSA) is 129 Å². The number of fused-ring (bicyclic) bond motifs is 4. The molecule has 10 nitrogen and oxygen atoms in total. The van der Waals surface area contributed by atoms with E-state index in [1.807, 2.05) is 13.0 Å². The van der Waals surface area contributed by atoms with Crippen LogP contribution in [0.1, 0.15) is 53.5 Å². The van der Waals surface area contributed by atoms with E-state index in [1.165, 1.54) is 26.1 Å². The van der Waals surface area contributed by atoms with Crippen molar-refractivity contribution in [3.8, 4) is 5.75 Å². The van der Waals surface area contributed by atoms with Gasteiger partial charge < -0.3 is 19.9 Å². The number of aromatic nitrogens is 1. The molecular formula is C31H27BrN4O6. The van der Waals surface area contributed by atoms with Gasteiger partial charge in [-0.1, -0.05) is 18.2 Å². The van der Waals surface area contributed by atoms with Crippen molar-refractivity contribution in [1.29, 1.82) is 0 Å². The van der Waals surface area contributed by atoms with Crippen LogP contribution in [0.5, 0.6) is 5.75 Å². The third-order valence-corrected chi connectivity index (χ3v) is 9.21. The van der Waals surface area contributed by atoms with Gasteiger partial charge in [0.2, 0.25) is 5.78 Å². The van der Waals surface area contributed by atoms with Crippen LogP contribution in [0.25, 0.3) is 5.57 Å². The highest BCUT2D eigenvalue weighted by Gasteiger charge is 2.63. The molecule has 1 aliphatic heterocycles. The van der Waals surface area contributed by atoms with Crippen LogP contribution in [0.2, 0.25) is 0 Å². The number of aromatic amines is 1. The second-order valence-electron chi connectivity index (χ2n) is 10.6. The van der Waals surface area contributed by atoms with Crippen molar-refractivity contribution >= 4 is 50.9 Å². The van der Waals surface area contributed by atoms with E-state index in [4.69, 9.17) is 4.74 Å². The zero-order chi connectivity index (χ0) is 30.1. The molecule has 11 heteroatoms. The van der Waals surface area contributed by atoms with Gasteiger partial charge in [-0.05, 0) is 64.2 Å². The van der Waals surface area contributed by atoms with Gasteiger partial charge in [0, 0.05) is 54.4 Å². The summed E-state index contributed by atoms with van der Waals surface area (Å²) in [4.78, 5) is 73.8. The maximum absolute atomic E-state index is 14.5. The van der Waals surface area contributed by atoms with Gasteiger partial charge in [-0.15, -0.1) is 0 Å². The molecule has 2 heterocycles.